The normalized spacial score (nSPS) is 9.88. The van der Waals surface area contributed by atoms with Gasteiger partial charge in [0, 0.05) is 12.6 Å². The highest BCUT2D eigenvalue weighted by atomic mass is 16.6. The van der Waals surface area contributed by atoms with Crippen LogP contribution < -0.4 is 5.32 Å². The third-order valence-electron chi connectivity index (χ3n) is 1.98. The lowest BCUT2D eigenvalue weighted by Crippen LogP contribution is -2.10. The zero-order valence-corrected chi connectivity index (χ0v) is 9.46. The monoisotopic (exact) mass is 237 g/mol. The van der Waals surface area contributed by atoms with Crippen LogP contribution in [0.5, 0.6) is 0 Å². The summed E-state index contributed by atoms with van der Waals surface area (Å²) in [5.74, 6) is -0.155. The van der Waals surface area contributed by atoms with E-state index in [1.807, 2.05) is 0 Å². The second kappa shape index (κ2) is 7.34. The lowest BCUT2D eigenvalue weighted by atomic mass is 10.4. The van der Waals surface area contributed by atoms with E-state index in [0.717, 1.165) is 12.1 Å². The summed E-state index contributed by atoms with van der Waals surface area (Å²) in [5, 5.41) is 13.4. The van der Waals surface area contributed by atoms with E-state index in [2.05, 4.69) is 16.9 Å². The Morgan fingerprint density at radius 1 is 1.53 bits per heavy atom. The summed E-state index contributed by atoms with van der Waals surface area (Å²) in [6, 6.07) is 2.98. The van der Waals surface area contributed by atoms with Crippen LogP contribution in [0.4, 0.5) is 11.5 Å². The first-order chi connectivity index (χ1) is 8.24. The molecule has 1 heterocycles. The van der Waals surface area contributed by atoms with Crippen molar-refractivity contribution in [1.82, 2.24) is 4.98 Å². The molecule has 1 N–H and O–H groups in total. The maximum atomic E-state index is 10.4. The Hall–Kier alpha value is -1.95. The molecule has 0 aliphatic heterocycles. The van der Waals surface area contributed by atoms with Gasteiger partial charge in [-0.05, 0) is 22.4 Å². The lowest BCUT2D eigenvalue weighted by Gasteiger charge is -2.05. The number of ether oxygens (including phenoxy) is 1. The highest BCUT2D eigenvalue weighted by Gasteiger charge is 2.05. The Morgan fingerprint density at radius 3 is 2.94 bits per heavy atom. The highest BCUT2D eigenvalue weighted by Crippen LogP contribution is 2.10. The van der Waals surface area contributed by atoms with E-state index in [-0.39, 0.29) is 5.82 Å². The van der Waals surface area contributed by atoms with Gasteiger partial charge in [0.25, 0.3) is 0 Å². The minimum Gasteiger partial charge on any atom is -0.380 e. The van der Waals surface area contributed by atoms with E-state index in [1.54, 1.807) is 12.1 Å². The fraction of sp³-hybridized carbons (Fsp3) is 0.364. The summed E-state index contributed by atoms with van der Waals surface area (Å²) in [6.07, 6.45) is 4.06. The smallest absolute Gasteiger partial charge is 0.363 e. The number of nitrogens with zero attached hydrogens (tertiary/aromatic N) is 2. The molecule has 0 fully saturated rings. The SMILES string of the molecule is C=CCCOCCNc1ccc([N+](=O)[O-])nc1. The van der Waals surface area contributed by atoms with E-state index in [4.69, 9.17) is 4.74 Å². The molecule has 0 bridgehead atoms. The van der Waals surface area contributed by atoms with Crippen LogP contribution in [0.3, 0.4) is 0 Å². The summed E-state index contributed by atoms with van der Waals surface area (Å²) in [5.41, 5.74) is 0.739. The lowest BCUT2D eigenvalue weighted by molar-refractivity contribution is -0.389. The van der Waals surface area contributed by atoms with Crippen LogP contribution in [0.1, 0.15) is 6.42 Å². The second-order valence-corrected chi connectivity index (χ2v) is 3.28. The average molecular weight is 237 g/mol. The molecule has 0 aliphatic carbocycles. The van der Waals surface area contributed by atoms with Gasteiger partial charge in [-0.25, -0.2) is 0 Å². The maximum absolute atomic E-state index is 10.4. The Balaban J connectivity index is 2.23. The molecule has 0 amide bonds. The van der Waals surface area contributed by atoms with Gasteiger partial charge in [0.2, 0.25) is 0 Å². The topological polar surface area (TPSA) is 77.3 Å². The molecule has 0 saturated heterocycles. The molecule has 1 aromatic heterocycles. The molecule has 6 nitrogen and oxygen atoms in total. The third-order valence-corrected chi connectivity index (χ3v) is 1.98. The van der Waals surface area contributed by atoms with Crippen molar-refractivity contribution in [3.63, 3.8) is 0 Å². The zero-order chi connectivity index (χ0) is 12.5. The van der Waals surface area contributed by atoms with Crippen LogP contribution in [-0.4, -0.2) is 29.7 Å². The van der Waals surface area contributed by atoms with Crippen molar-refractivity contribution in [2.45, 2.75) is 6.42 Å². The van der Waals surface area contributed by atoms with Gasteiger partial charge in [0.15, 0.2) is 6.20 Å². The number of hydrogen-bond donors (Lipinski definition) is 1. The third kappa shape index (κ3) is 5.07. The van der Waals surface area contributed by atoms with Crippen LogP contribution in [-0.2, 0) is 4.74 Å². The highest BCUT2D eigenvalue weighted by molar-refractivity contribution is 5.43. The predicted molar refractivity (Wildman–Crippen MR) is 65.0 cm³/mol. The van der Waals surface area contributed by atoms with Crippen molar-refractivity contribution in [3.8, 4) is 0 Å². The molecule has 0 aromatic carbocycles. The van der Waals surface area contributed by atoms with Gasteiger partial charge in [0.05, 0.1) is 18.9 Å². The first-order valence-electron chi connectivity index (χ1n) is 5.27. The fourth-order valence-corrected chi connectivity index (χ4v) is 1.13. The quantitative estimate of drug-likeness (QED) is 0.324. The number of rotatable bonds is 8. The van der Waals surface area contributed by atoms with Crippen molar-refractivity contribution in [2.75, 3.05) is 25.1 Å². The predicted octanol–water partition coefficient (Wildman–Crippen LogP) is 1.99. The minimum atomic E-state index is -0.526. The van der Waals surface area contributed by atoms with Crippen molar-refractivity contribution >= 4 is 11.5 Å². The van der Waals surface area contributed by atoms with Crippen molar-refractivity contribution < 1.29 is 9.66 Å². The number of nitro groups is 1. The van der Waals surface area contributed by atoms with Crippen LogP contribution in [0.15, 0.2) is 31.0 Å². The molecular formula is C11H15N3O3. The van der Waals surface area contributed by atoms with Crippen LogP contribution in [0.2, 0.25) is 0 Å². The van der Waals surface area contributed by atoms with E-state index < -0.39 is 4.92 Å². The number of aromatic nitrogens is 1. The van der Waals surface area contributed by atoms with Crippen LogP contribution in [0, 0.1) is 10.1 Å². The van der Waals surface area contributed by atoms with Gasteiger partial charge in [-0.3, -0.25) is 0 Å². The molecule has 0 spiro atoms. The molecule has 0 saturated carbocycles. The van der Waals surface area contributed by atoms with E-state index in [9.17, 15) is 10.1 Å². The van der Waals surface area contributed by atoms with Crippen molar-refractivity contribution in [3.05, 3.63) is 41.1 Å². The van der Waals surface area contributed by atoms with Crippen LogP contribution >= 0.6 is 0 Å². The summed E-state index contributed by atoms with van der Waals surface area (Å²) in [4.78, 5) is 13.5. The Labute approximate surface area is 99.5 Å². The fourth-order valence-electron chi connectivity index (χ4n) is 1.13. The van der Waals surface area contributed by atoms with Crippen molar-refractivity contribution in [2.24, 2.45) is 0 Å². The Morgan fingerprint density at radius 2 is 2.35 bits per heavy atom. The van der Waals surface area contributed by atoms with Gasteiger partial charge in [-0.15, -0.1) is 6.58 Å². The molecule has 0 radical (unpaired) electrons. The van der Waals surface area contributed by atoms with E-state index >= 15 is 0 Å². The Kier molecular flexibility index (Phi) is 5.67. The van der Waals surface area contributed by atoms with E-state index in [0.29, 0.717) is 19.8 Å². The summed E-state index contributed by atoms with van der Waals surface area (Å²) < 4.78 is 5.30. The summed E-state index contributed by atoms with van der Waals surface area (Å²) >= 11 is 0. The number of anilines is 1. The molecule has 92 valence electrons. The number of nitrogens with one attached hydrogen (secondary N) is 1. The maximum Gasteiger partial charge on any atom is 0.363 e. The van der Waals surface area contributed by atoms with Crippen molar-refractivity contribution in [1.29, 1.82) is 0 Å². The van der Waals surface area contributed by atoms with Crippen LogP contribution in [0.25, 0.3) is 0 Å². The first kappa shape index (κ1) is 13.1. The Bertz CT molecular complexity index is 365. The zero-order valence-electron chi connectivity index (χ0n) is 9.46. The summed E-state index contributed by atoms with van der Waals surface area (Å²) in [7, 11) is 0. The van der Waals surface area contributed by atoms with E-state index in [1.165, 1.54) is 12.3 Å². The molecule has 1 aromatic rings. The van der Waals surface area contributed by atoms with Gasteiger partial charge in [-0.1, -0.05) is 6.08 Å². The van der Waals surface area contributed by atoms with Gasteiger partial charge in [-0.2, -0.15) is 0 Å². The molecule has 6 heteroatoms. The second-order valence-electron chi connectivity index (χ2n) is 3.28. The van der Waals surface area contributed by atoms with Gasteiger partial charge < -0.3 is 20.2 Å². The first-order valence-corrected chi connectivity index (χ1v) is 5.27. The van der Waals surface area contributed by atoms with Gasteiger partial charge in [0.1, 0.15) is 0 Å². The minimum absolute atomic E-state index is 0.155. The van der Waals surface area contributed by atoms with Gasteiger partial charge >= 0.3 is 5.82 Å². The molecule has 0 aliphatic rings. The molecule has 1 rings (SSSR count). The summed E-state index contributed by atoms with van der Waals surface area (Å²) in [6.45, 7) is 5.46. The molecule has 0 atom stereocenters. The number of pyridine rings is 1. The average Bonchev–Trinajstić information content (AvgIpc) is 2.34. The molecule has 0 unspecified atom stereocenters. The number of hydrogen-bond acceptors (Lipinski definition) is 5. The standard InChI is InChI=1S/C11H15N3O3/c1-2-3-7-17-8-6-12-10-4-5-11(13-9-10)14(15)16/h2,4-5,9,12H,1,3,6-8H2. The largest absolute Gasteiger partial charge is 0.380 e. The molecule has 17 heavy (non-hydrogen) atoms. The molecular weight excluding hydrogens is 222 g/mol.